The maximum Gasteiger partial charge on any atom is 0.130 e. The van der Waals surface area contributed by atoms with Gasteiger partial charge in [0.15, 0.2) is 0 Å². The number of benzene rings is 1. The number of carbonyl (C=O) groups excluding carboxylic acids is 1. The van der Waals surface area contributed by atoms with Gasteiger partial charge in [-0.15, -0.1) is 0 Å². The fraction of sp³-hybridized carbons (Fsp3) is 0.364. The molecule has 0 radical (unpaired) electrons. The molecule has 0 saturated heterocycles. The maximum absolute atomic E-state index is 11.0. The fourth-order valence-electron chi connectivity index (χ4n) is 1.72. The first kappa shape index (κ1) is 9.71. The first-order valence-corrected chi connectivity index (χ1v) is 5.32. The van der Waals surface area contributed by atoms with E-state index in [1.807, 2.05) is 18.2 Å². The molecule has 0 amide bonds. The molecule has 3 heteroatoms. The van der Waals surface area contributed by atoms with Crippen molar-refractivity contribution in [3.63, 3.8) is 0 Å². The van der Waals surface area contributed by atoms with Crippen LogP contribution in [0.2, 0.25) is 0 Å². The zero-order valence-electron chi connectivity index (χ0n) is 7.92. The minimum absolute atomic E-state index is 0.286. The molecular weight excluding hydrogens is 244 g/mol. The topological polar surface area (TPSA) is 26.3 Å². The standard InChI is InChI=1S/C11H11BrO2/c1-14-9-4-2-3-8(12)10(9)11(7-13)5-6-11/h2-4,7H,5-6H2,1H3. The van der Waals surface area contributed by atoms with Crippen molar-refractivity contribution in [2.24, 2.45) is 0 Å². The Kier molecular flexibility index (Phi) is 2.35. The van der Waals surface area contributed by atoms with Gasteiger partial charge in [-0.05, 0) is 25.0 Å². The SMILES string of the molecule is COc1cccc(Br)c1C1(C=O)CC1. The molecule has 1 aliphatic carbocycles. The van der Waals surface area contributed by atoms with Gasteiger partial charge in [-0.3, -0.25) is 0 Å². The van der Waals surface area contributed by atoms with Crippen LogP contribution in [0.15, 0.2) is 22.7 Å². The van der Waals surface area contributed by atoms with Crippen LogP contribution < -0.4 is 4.74 Å². The Morgan fingerprint density at radius 3 is 2.71 bits per heavy atom. The number of carbonyl (C=O) groups is 1. The van der Waals surface area contributed by atoms with E-state index in [0.717, 1.165) is 34.9 Å². The Balaban J connectivity index is 2.55. The van der Waals surface area contributed by atoms with Crippen molar-refractivity contribution in [3.05, 3.63) is 28.2 Å². The van der Waals surface area contributed by atoms with Gasteiger partial charge in [0.05, 0.1) is 12.5 Å². The van der Waals surface area contributed by atoms with E-state index in [1.165, 1.54) is 0 Å². The number of hydrogen-bond acceptors (Lipinski definition) is 2. The summed E-state index contributed by atoms with van der Waals surface area (Å²) in [5.74, 6) is 0.795. The van der Waals surface area contributed by atoms with Crippen molar-refractivity contribution in [1.82, 2.24) is 0 Å². The van der Waals surface area contributed by atoms with E-state index in [2.05, 4.69) is 15.9 Å². The Morgan fingerprint density at radius 1 is 1.50 bits per heavy atom. The third-order valence-corrected chi connectivity index (χ3v) is 3.37. The largest absolute Gasteiger partial charge is 0.496 e. The summed E-state index contributed by atoms with van der Waals surface area (Å²) in [5, 5.41) is 0. The monoisotopic (exact) mass is 254 g/mol. The highest BCUT2D eigenvalue weighted by Gasteiger charge is 2.47. The van der Waals surface area contributed by atoms with Gasteiger partial charge < -0.3 is 9.53 Å². The van der Waals surface area contributed by atoms with Gasteiger partial charge in [0, 0.05) is 10.0 Å². The highest BCUT2D eigenvalue weighted by atomic mass is 79.9. The molecule has 14 heavy (non-hydrogen) atoms. The van der Waals surface area contributed by atoms with Crippen LogP contribution in [-0.2, 0) is 10.2 Å². The number of ether oxygens (including phenoxy) is 1. The number of rotatable bonds is 3. The van der Waals surface area contributed by atoms with Gasteiger partial charge in [0.25, 0.3) is 0 Å². The van der Waals surface area contributed by atoms with Crippen LogP contribution in [0, 0.1) is 0 Å². The number of aldehydes is 1. The molecule has 0 N–H and O–H groups in total. The first-order chi connectivity index (χ1) is 6.73. The molecule has 2 rings (SSSR count). The van der Waals surface area contributed by atoms with E-state index < -0.39 is 0 Å². The van der Waals surface area contributed by atoms with Crippen LogP contribution in [0.4, 0.5) is 0 Å². The summed E-state index contributed by atoms with van der Waals surface area (Å²) in [4.78, 5) is 11.0. The molecule has 0 heterocycles. The van der Waals surface area contributed by atoms with Gasteiger partial charge in [0.2, 0.25) is 0 Å². The van der Waals surface area contributed by atoms with E-state index in [4.69, 9.17) is 4.74 Å². The summed E-state index contributed by atoms with van der Waals surface area (Å²) in [6, 6.07) is 5.75. The van der Waals surface area contributed by atoms with E-state index in [0.29, 0.717) is 0 Å². The van der Waals surface area contributed by atoms with Crippen LogP contribution in [0.25, 0.3) is 0 Å². The lowest BCUT2D eigenvalue weighted by atomic mass is 9.97. The van der Waals surface area contributed by atoms with Crippen molar-refractivity contribution in [3.8, 4) is 5.75 Å². The maximum atomic E-state index is 11.0. The Hall–Kier alpha value is -0.830. The fourth-order valence-corrected chi connectivity index (χ4v) is 2.46. The molecule has 1 aromatic carbocycles. The third kappa shape index (κ3) is 1.36. The van der Waals surface area contributed by atoms with Crippen LogP contribution >= 0.6 is 15.9 Å². The summed E-state index contributed by atoms with van der Waals surface area (Å²) >= 11 is 3.47. The van der Waals surface area contributed by atoms with Gasteiger partial charge in [0.1, 0.15) is 12.0 Å². The predicted molar refractivity (Wildman–Crippen MR) is 57.7 cm³/mol. The van der Waals surface area contributed by atoms with Gasteiger partial charge in [-0.25, -0.2) is 0 Å². The molecule has 1 saturated carbocycles. The summed E-state index contributed by atoms with van der Waals surface area (Å²) in [6.07, 6.45) is 2.89. The van der Waals surface area contributed by atoms with Crippen molar-refractivity contribution < 1.29 is 9.53 Å². The average molecular weight is 255 g/mol. The summed E-state index contributed by atoms with van der Waals surface area (Å²) in [7, 11) is 1.63. The zero-order chi connectivity index (χ0) is 10.2. The van der Waals surface area contributed by atoms with Gasteiger partial charge in [-0.2, -0.15) is 0 Å². The molecule has 0 aromatic heterocycles. The van der Waals surface area contributed by atoms with Crippen LogP contribution in [0.3, 0.4) is 0 Å². The van der Waals surface area contributed by atoms with E-state index >= 15 is 0 Å². The first-order valence-electron chi connectivity index (χ1n) is 4.53. The number of halogens is 1. The lowest BCUT2D eigenvalue weighted by molar-refractivity contribution is -0.109. The molecule has 0 spiro atoms. The Morgan fingerprint density at radius 2 is 2.21 bits per heavy atom. The lowest BCUT2D eigenvalue weighted by Gasteiger charge is -2.14. The predicted octanol–water partition coefficient (Wildman–Crippen LogP) is 2.69. The molecule has 0 unspecified atom stereocenters. The number of methoxy groups -OCH3 is 1. The van der Waals surface area contributed by atoms with Crippen LogP contribution in [0.5, 0.6) is 5.75 Å². The lowest BCUT2D eigenvalue weighted by Crippen LogP contribution is -2.10. The summed E-state index contributed by atoms with van der Waals surface area (Å²) < 4.78 is 6.23. The Bertz CT molecular complexity index is 370. The molecule has 74 valence electrons. The normalized spacial score (nSPS) is 17.6. The minimum atomic E-state index is -0.286. The molecule has 1 aliphatic rings. The van der Waals surface area contributed by atoms with Crippen LogP contribution in [-0.4, -0.2) is 13.4 Å². The highest BCUT2D eigenvalue weighted by Crippen LogP contribution is 2.52. The second-order valence-electron chi connectivity index (χ2n) is 3.59. The second kappa shape index (κ2) is 3.39. The van der Waals surface area contributed by atoms with E-state index in [1.54, 1.807) is 7.11 Å². The molecular formula is C11H11BrO2. The van der Waals surface area contributed by atoms with Crippen LogP contribution in [0.1, 0.15) is 18.4 Å². The van der Waals surface area contributed by atoms with Crippen molar-refractivity contribution in [1.29, 1.82) is 0 Å². The molecule has 0 atom stereocenters. The van der Waals surface area contributed by atoms with Crippen molar-refractivity contribution >= 4 is 22.2 Å². The molecule has 0 bridgehead atoms. The quantitative estimate of drug-likeness (QED) is 0.776. The van der Waals surface area contributed by atoms with E-state index in [9.17, 15) is 4.79 Å². The number of hydrogen-bond donors (Lipinski definition) is 0. The highest BCUT2D eigenvalue weighted by molar-refractivity contribution is 9.10. The molecule has 0 aliphatic heterocycles. The zero-order valence-corrected chi connectivity index (χ0v) is 9.50. The van der Waals surface area contributed by atoms with Crippen molar-refractivity contribution in [2.45, 2.75) is 18.3 Å². The minimum Gasteiger partial charge on any atom is -0.496 e. The molecule has 1 fully saturated rings. The summed E-state index contributed by atoms with van der Waals surface area (Å²) in [6.45, 7) is 0. The van der Waals surface area contributed by atoms with Crippen molar-refractivity contribution in [2.75, 3.05) is 7.11 Å². The third-order valence-electron chi connectivity index (χ3n) is 2.71. The molecule has 2 nitrogen and oxygen atoms in total. The second-order valence-corrected chi connectivity index (χ2v) is 4.45. The Labute approximate surface area is 91.4 Å². The smallest absolute Gasteiger partial charge is 0.130 e. The van der Waals surface area contributed by atoms with E-state index in [-0.39, 0.29) is 5.41 Å². The summed E-state index contributed by atoms with van der Waals surface area (Å²) in [5.41, 5.74) is 0.711. The molecule has 1 aromatic rings. The van der Waals surface area contributed by atoms with Gasteiger partial charge >= 0.3 is 0 Å². The average Bonchev–Trinajstić information content (AvgIpc) is 2.98. The van der Waals surface area contributed by atoms with Gasteiger partial charge in [-0.1, -0.05) is 22.0 Å².